The molecule has 0 saturated heterocycles. The van der Waals surface area contributed by atoms with E-state index in [1.807, 2.05) is 42.5 Å². The average Bonchev–Trinajstić information content (AvgIpc) is 3.86. The number of halogens is 3. The van der Waals surface area contributed by atoms with Crippen LogP contribution in [0.25, 0.3) is 11.3 Å². The van der Waals surface area contributed by atoms with Crippen LogP contribution in [-0.2, 0) is 16.7 Å². The van der Waals surface area contributed by atoms with Crippen LogP contribution in [0.3, 0.4) is 0 Å². The molecular formula is C30H27Cl3N2O5S. The average molecular weight is 634 g/mol. The molecule has 11 heteroatoms. The van der Waals surface area contributed by atoms with Gasteiger partial charge >= 0.3 is 0 Å². The largest absolute Gasteiger partial charge is 0.489 e. The van der Waals surface area contributed by atoms with E-state index in [1.54, 1.807) is 18.2 Å². The first-order valence-electron chi connectivity index (χ1n) is 13.3. The normalized spacial score (nSPS) is 18.3. The van der Waals surface area contributed by atoms with Gasteiger partial charge < -0.3 is 14.6 Å². The quantitative estimate of drug-likeness (QED) is 0.160. The van der Waals surface area contributed by atoms with Gasteiger partial charge in [-0.1, -0.05) is 64.2 Å². The number of hydrogen-bond donors (Lipinski definition) is 2. The highest BCUT2D eigenvalue weighted by molar-refractivity contribution is 7.85. The van der Waals surface area contributed by atoms with Gasteiger partial charge in [0.05, 0.1) is 21.4 Å². The monoisotopic (exact) mass is 632 g/mol. The highest BCUT2D eigenvalue weighted by Gasteiger charge is 2.40. The van der Waals surface area contributed by atoms with Crippen molar-refractivity contribution in [2.75, 3.05) is 17.6 Å². The van der Waals surface area contributed by atoms with Crippen molar-refractivity contribution in [3.63, 3.8) is 0 Å². The molecule has 0 radical (unpaired) electrons. The Bertz CT molecular complexity index is 1670. The first-order chi connectivity index (χ1) is 19.7. The highest BCUT2D eigenvalue weighted by atomic mass is 35.5. The number of ether oxygens (including phenoxy) is 1. The lowest BCUT2D eigenvalue weighted by molar-refractivity contribution is 0.300. The number of aromatic nitrogens is 1. The minimum Gasteiger partial charge on any atom is -0.489 e. The molecule has 2 aliphatic rings. The second-order valence-corrected chi connectivity index (χ2v) is 13.3. The van der Waals surface area contributed by atoms with Crippen LogP contribution < -0.4 is 10.1 Å². The second-order valence-electron chi connectivity index (χ2n) is 10.5. The molecule has 0 amide bonds. The number of anilines is 1. The molecule has 1 aromatic heterocycles. The van der Waals surface area contributed by atoms with Crippen LogP contribution in [0.2, 0.25) is 15.1 Å². The Kier molecular flexibility index (Phi) is 7.96. The third-order valence-electron chi connectivity index (χ3n) is 7.54. The molecule has 3 aromatic carbocycles. The van der Waals surface area contributed by atoms with Crippen molar-refractivity contribution in [1.82, 2.24) is 5.16 Å². The SMILES string of the molecule is O=S(=O)(O)CCNc1ccc(C2CC2c2ccc(OCc3c(-c4c(Cl)cccc4Cl)noc3C3CC3)cc2Cl)cc1. The maximum absolute atomic E-state index is 10.9. The van der Waals surface area contributed by atoms with E-state index < -0.39 is 10.1 Å². The minimum absolute atomic E-state index is 0.141. The Morgan fingerprint density at radius 3 is 2.37 bits per heavy atom. The molecule has 7 nitrogen and oxygen atoms in total. The fourth-order valence-electron chi connectivity index (χ4n) is 5.18. The predicted octanol–water partition coefficient (Wildman–Crippen LogP) is 8.33. The van der Waals surface area contributed by atoms with E-state index in [0.29, 0.717) is 49.8 Å². The Labute approximate surface area is 253 Å². The molecule has 1 heterocycles. The summed E-state index contributed by atoms with van der Waals surface area (Å²) in [5.74, 6) is 2.12. The van der Waals surface area contributed by atoms with Crippen LogP contribution in [0.4, 0.5) is 5.69 Å². The second kappa shape index (κ2) is 11.5. The summed E-state index contributed by atoms with van der Waals surface area (Å²) < 4.78 is 42.6. The third kappa shape index (κ3) is 6.52. The molecule has 4 aromatic rings. The van der Waals surface area contributed by atoms with Crippen LogP contribution in [0.1, 0.15) is 59.5 Å². The van der Waals surface area contributed by atoms with E-state index in [1.165, 1.54) is 5.56 Å². The van der Waals surface area contributed by atoms with Crippen molar-refractivity contribution in [2.45, 2.75) is 43.6 Å². The summed E-state index contributed by atoms with van der Waals surface area (Å²) in [5, 5.41) is 8.99. The lowest BCUT2D eigenvalue weighted by atomic mass is 10.0. The summed E-state index contributed by atoms with van der Waals surface area (Å²) in [5.41, 5.74) is 5.16. The number of hydrogen-bond acceptors (Lipinski definition) is 6. The molecule has 0 aliphatic heterocycles. The summed E-state index contributed by atoms with van der Waals surface area (Å²) in [6, 6.07) is 19.1. The molecule has 2 saturated carbocycles. The van der Waals surface area contributed by atoms with Gasteiger partial charge in [0.1, 0.15) is 23.8 Å². The molecule has 2 aliphatic carbocycles. The lowest BCUT2D eigenvalue weighted by Crippen LogP contribution is -2.14. The molecule has 2 atom stereocenters. The van der Waals surface area contributed by atoms with E-state index >= 15 is 0 Å². The number of rotatable bonds is 11. The molecule has 41 heavy (non-hydrogen) atoms. The van der Waals surface area contributed by atoms with Crippen molar-refractivity contribution >= 4 is 50.6 Å². The molecule has 2 fully saturated rings. The Morgan fingerprint density at radius 2 is 1.71 bits per heavy atom. The maximum atomic E-state index is 10.9. The molecule has 2 N–H and O–H groups in total. The van der Waals surface area contributed by atoms with Gasteiger partial charge in [-0.2, -0.15) is 8.42 Å². The van der Waals surface area contributed by atoms with Crippen LogP contribution in [0, 0.1) is 0 Å². The van der Waals surface area contributed by atoms with Gasteiger partial charge in [-0.15, -0.1) is 0 Å². The fourth-order valence-corrected chi connectivity index (χ4v) is 6.43. The van der Waals surface area contributed by atoms with E-state index in [2.05, 4.69) is 10.5 Å². The van der Waals surface area contributed by atoms with Gasteiger partial charge in [0.15, 0.2) is 0 Å². The van der Waals surface area contributed by atoms with Crippen molar-refractivity contribution in [3.05, 3.63) is 98.2 Å². The van der Waals surface area contributed by atoms with Crippen LogP contribution >= 0.6 is 34.8 Å². The van der Waals surface area contributed by atoms with Gasteiger partial charge in [0.2, 0.25) is 0 Å². The van der Waals surface area contributed by atoms with Crippen LogP contribution in [-0.4, -0.2) is 30.4 Å². The van der Waals surface area contributed by atoms with Gasteiger partial charge in [0, 0.05) is 28.7 Å². The van der Waals surface area contributed by atoms with E-state index in [0.717, 1.165) is 41.8 Å². The van der Waals surface area contributed by atoms with E-state index in [-0.39, 0.29) is 18.9 Å². The smallest absolute Gasteiger partial charge is 0.266 e. The van der Waals surface area contributed by atoms with Gasteiger partial charge in [0.25, 0.3) is 10.1 Å². The van der Waals surface area contributed by atoms with Gasteiger partial charge in [-0.25, -0.2) is 0 Å². The first-order valence-corrected chi connectivity index (χ1v) is 16.1. The van der Waals surface area contributed by atoms with Crippen LogP contribution in [0.15, 0.2) is 65.2 Å². The Balaban J connectivity index is 1.12. The standard InChI is InChI=1S/C30H27Cl3N2O5S/c31-25-2-1-3-26(32)28(25)29-24(30(40-35-29)18-4-5-18)16-39-20-10-11-21(27(33)14-20)23-15-22(23)17-6-8-19(9-7-17)34-12-13-41(36,37)38/h1-3,6-11,14,18,22-23,34H,4-5,12-13,15-16H2,(H,36,37,38). The molecule has 6 rings (SSSR count). The van der Waals surface area contributed by atoms with E-state index in [4.69, 9.17) is 48.6 Å². The maximum Gasteiger partial charge on any atom is 0.266 e. The summed E-state index contributed by atoms with van der Waals surface area (Å²) in [6.07, 6.45) is 3.09. The lowest BCUT2D eigenvalue weighted by Gasteiger charge is -2.11. The molecule has 0 bridgehead atoms. The Morgan fingerprint density at radius 1 is 0.976 bits per heavy atom. The fraction of sp³-hybridized carbons (Fsp3) is 0.300. The summed E-state index contributed by atoms with van der Waals surface area (Å²) in [7, 11) is -3.99. The highest BCUT2D eigenvalue weighted by Crippen LogP contribution is 2.56. The molecular weight excluding hydrogens is 607 g/mol. The third-order valence-corrected chi connectivity index (χ3v) is 9.22. The zero-order chi connectivity index (χ0) is 28.7. The number of nitrogens with one attached hydrogen (secondary N) is 1. The summed E-state index contributed by atoms with van der Waals surface area (Å²) in [6.45, 7) is 0.390. The van der Waals surface area contributed by atoms with Crippen molar-refractivity contribution in [1.29, 1.82) is 0 Å². The Hall–Kier alpha value is -2.75. The first kappa shape index (κ1) is 28.4. The van der Waals surface area contributed by atoms with Gasteiger partial charge in [-0.05, 0) is 78.6 Å². The zero-order valence-electron chi connectivity index (χ0n) is 21.8. The number of benzene rings is 3. The molecule has 0 spiro atoms. The number of nitrogens with zero attached hydrogens (tertiary/aromatic N) is 1. The summed E-state index contributed by atoms with van der Waals surface area (Å²) >= 11 is 19.7. The van der Waals surface area contributed by atoms with Crippen molar-refractivity contribution < 1.29 is 22.2 Å². The molecule has 214 valence electrons. The zero-order valence-corrected chi connectivity index (χ0v) is 24.9. The predicted molar refractivity (Wildman–Crippen MR) is 161 cm³/mol. The summed E-state index contributed by atoms with van der Waals surface area (Å²) in [4.78, 5) is 0. The van der Waals surface area contributed by atoms with E-state index in [9.17, 15) is 8.42 Å². The molecule has 2 unspecified atom stereocenters. The van der Waals surface area contributed by atoms with Crippen molar-refractivity contribution in [3.8, 4) is 17.0 Å². The minimum atomic E-state index is -3.99. The van der Waals surface area contributed by atoms with Gasteiger partial charge in [-0.3, -0.25) is 4.55 Å². The van der Waals surface area contributed by atoms with Crippen molar-refractivity contribution in [2.24, 2.45) is 0 Å². The topological polar surface area (TPSA) is 102 Å². The van der Waals surface area contributed by atoms with Crippen LogP contribution in [0.5, 0.6) is 5.75 Å².